The number of hydrogen-bond acceptors (Lipinski definition) is 4. The summed E-state index contributed by atoms with van der Waals surface area (Å²) in [7, 11) is 0. The zero-order valence-corrected chi connectivity index (χ0v) is 16.8. The maximum absolute atomic E-state index is 12.2. The fraction of sp³-hybridized carbons (Fsp3) is 0.600. The van der Waals surface area contributed by atoms with Gasteiger partial charge in [-0.3, -0.25) is 4.79 Å². The van der Waals surface area contributed by atoms with E-state index in [1.165, 1.54) is 19.3 Å². The first-order chi connectivity index (χ1) is 13.6. The highest BCUT2D eigenvalue weighted by atomic mass is 35.5. The number of nitrogens with one attached hydrogen (secondary N) is 3. The second-order valence-electron chi connectivity index (χ2n) is 7.22. The molecule has 2 aliphatic rings. The molecule has 0 bridgehead atoms. The van der Waals surface area contributed by atoms with Crippen LogP contribution in [0.1, 0.15) is 51.4 Å². The molecule has 28 heavy (non-hydrogen) atoms. The van der Waals surface area contributed by atoms with Crippen LogP contribution in [-0.4, -0.2) is 37.7 Å². The number of carbonyl (C=O) groups excluding carboxylic acids is 2. The van der Waals surface area contributed by atoms with E-state index < -0.39 is 0 Å². The van der Waals surface area contributed by atoms with Crippen LogP contribution in [0.5, 0.6) is 11.5 Å². The Bertz CT molecular complexity index is 692. The van der Waals surface area contributed by atoms with Crippen LogP contribution < -0.4 is 25.4 Å². The molecule has 0 atom stereocenters. The molecule has 3 amide bonds. The Morgan fingerprint density at radius 2 is 1.75 bits per heavy atom. The van der Waals surface area contributed by atoms with E-state index in [-0.39, 0.29) is 24.4 Å². The third-order valence-electron chi connectivity index (χ3n) is 4.92. The highest BCUT2D eigenvalue weighted by Gasteiger charge is 2.17. The molecule has 0 aromatic heterocycles. The van der Waals surface area contributed by atoms with Gasteiger partial charge in [-0.1, -0.05) is 30.9 Å². The van der Waals surface area contributed by atoms with Crippen molar-refractivity contribution in [1.29, 1.82) is 0 Å². The Labute approximate surface area is 170 Å². The highest BCUT2D eigenvalue weighted by Crippen LogP contribution is 2.37. The molecule has 0 spiro atoms. The maximum Gasteiger partial charge on any atom is 0.315 e. The SMILES string of the molecule is O=C(CCCNC(=O)NC1CCCCC1)Nc1cc2c(cc1Cl)OCCCO2. The van der Waals surface area contributed by atoms with Crippen molar-refractivity contribution in [2.24, 2.45) is 0 Å². The lowest BCUT2D eigenvalue weighted by atomic mass is 9.96. The van der Waals surface area contributed by atoms with Crippen LogP contribution in [0.15, 0.2) is 12.1 Å². The van der Waals surface area contributed by atoms with Gasteiger partial charge in [-0.15, -0.1) is 0 Å². The van der Waals surface area contributed by atoms with E-state index in [1.807, 2.05) is 0 Å². The largest absolute Gasteiger partial charge is 0.490 e. The third-order valence-corrected chi connectivity index (χ3v) is 5.23. The van der Waals surface area contributed by atoms with Crippen molar-refractivity contribution in [2.75, 3.05) is 25.1 Å². The molecule has 1 fully saturated rings. The smallest absolute Gasteiger partial charge is 0.315 e. The quantitative estimate of drug-likeness (QED) is 0.622. The number of hydrogen-bond donors (Lipinski definition) is 3. The van der Waals surface area contributed by atoms with Crippen LogP contribution >= 0.6 is 11.6 Å². The lowest BCUT2D eigenvalue weighted by Crippen LogP contribution is -2.43. The Hall–Kier alpha value is -2.15. The summed E-state index contributed by atoms with van der Waals surface area (Å²) in [5.41, 5.74) is 0.499. The van der Waals surface area contributed by atoms with Crippen LogP contribution in [0, 0.1) is 0 Å². The number of fused-ring (bicyclic) bond motifs is 1. The van der Waals surface area contributed by atoms with Crippen molar-refractivity contribution >= 4 is 29.2 Å². The minimum Gasteiger partial charge on any atom is -0.490 e. The molecule has 1 aliphatic heterocycles. The summed E-state index contributed by atoms with van der Waals surface area (Å²) in [6.07, 6.45) is 7.33. The fourth-order valence-corrected chi connectivity index (χ4v) is 3.63. The predicted molar refractivity (Wildman–Crippen MR) is 108 cm³/mol. The summed E-state index contributed by atoms with van der Waals surface area (Å²) in [5.74, 6) is 1.01. The molecule has 1 heterocycles. The standard InChI is InChI=1S/C20H28ClN3O4/c21-15-12-17-18(28-11-5-10-27-17)13-16(15)24-19(25)8-4-9-22-20(26)23-14-6-2-1-3-7-14/h12-14H,1-11H2,(H,24,25)(H2,22,23,26). The number of anilines is 1. The normalized spacial score (nSPS) is 16.8. The Kier molecular flexibility index (Phi) is 7.65. The molecule has 1 saturated carbocycles. The van der Waals surface area contributed by atoms with Gasteiger partial charge in [0.25, 0.3) is 0 Å². The molecule has 8 heteroatoms. The van der Waals surface area contributed by atoms with Crippen LogP contribution in [0.4, 0.5) is 10.5 Å². The molecule has 1 aromatic rings. The minimum absolute atomic E-state index is 0.154. The van der Waals surface area contributed by atoms with Gasteiger partial charge in [-0.05, 0) is 19.3 Å². The van der Waals surface area contributed by atoms with E-state index in [0.29, 0.717) is 48.4 Å². The molecule has 1 aliphatic carbocycles. The second-order valence-corrected chi connectivity index (χ2v) is 7.62. The van der Waals surface area contributed by atoms with Crippen molar-refractivity contribution in [3.63, 3.8) is 0 Å². The van der Waals surface area contributed by atoms with Gasteiger partial charge in [0.1, 0.15) is 0 Å². The average molecular weight is 410 g/mol. The van der Waals surface area contributed by atoms with Crippen molar-refractivity contribution in [2.45, 2.75) is 57.4 Å². The monoisotopic (exact) mass is 409 g/mol. The van der Waals surface area contributed by atoms with E-state index in [0.717, 1.165) is 19.3 Å². The third kappa shape index (κ3) is 6.19. The number of ether oxygens (including phenoxy) is 2. The molecule has 154 valence electrons. The topological polar surface area (TPSA) is 88.7 Å². The maximum atomic E-state index is 12.2. The predicted octanol–water partition coefficient (Wildman–Crippen LogP) is 3.85. The van der Waals surface area contributed by atoms with Gasteiger partial charge in [-0.25, -0.2) is 4.79 Å². The van der Waals surface area contributed by atoms with Gasteiger partial charge in [0, 0.05) is 37.6 Å². The van der Waals surface area contributed by atoms with Crippen molar-refractivity contribution in [1.82, 2.24) is 10.6 Å². The number of carbonyl (C=O) groups is 2. The minimum atomic E-state index is -0.161. The summed E-state index contributed by atoms with van der Waals surface area (Å²) < 4.78 is 11.2. The number of rotatable bonds is 6. The average Bonchev–Trinajstić information content (AvgIpc) is 2.91. The van der Waals surface area contributed by atoms with Crippen LogP contribution in [-0.2, 0) is 4.79 Å². The van der Waals surface area contributed by atoms with Gasteiger partial charge in [-0.2, -0.15) is 0 Å². The summed E-state index contributed by atoms with van der Waals surface area (Å²) in [5, 5.41) is 9.02. The number of amides is 3. The van der Waals surface area contributed by atoms with Gasteiger partial charge in [0.2, 0.25) is 5.91 Å². The van der Waals surface area contributed by atoms with Crippen LogP contribution in [0.3, 0.4) is 0 Å². The molecule has 0 saturated heterocycles. The summed E-state index contributed by atoms with van der Waals surface area (Å²) in [6.45, 7) is 1.59. The van der Waals surface area contributed by atoms with Gasteiger partial charge in [0.15, 0.2) is 11.5 Å². The summed E-state index contributed by atoms with van der Waals surface area (Å²) >= 11 is 6.24. The fourth-order valence-electron chi connectivity index (χ4n) is 3.43. The second kappa shape index (κ2) is 10.4. The lowest BCUT2D eigenvalue weighted by molar-refractivity contribution is -0.116. The molecule has 0 unspecified atom stereocenters. The van der Waals surface area contributed by atoms with Crippen LogP contribution in [0.25, 0.3) is 0 Å². The molecule has 7 nitrogen and oxygen atoms in total. The van der Waals surface area contributed by atoms with Gasteiger partial charge >= 0.3 is 6.03 Å². The van der Waals surface area contributed by atoms with Crippen LogP contribution in [0.2, 0.25) is 5.02 Å². The highest BCUT2D eigenvalue weighted by molar-refractivity contribution is 6.34. The number of benzene rings is 1. The van der Waals surface area contributed by atoms with Gasteiger partial charge < -0.3 is 25.4 Å². The van der Waals surface area contributed by atoms with E-state index in [9.17, 15) is 9.59 Å². The van der Waals surface area contributed by atoms with Gasteiger partial charge in [0.05, 0.1) is 23.9 Å². The molecule has 0 radical (unpaired) electrons. The van der Waals surface area contributed by atoms with E-state index in [1.54, 1.807) is 12.1 Å². The van der Waals surface area contributed by atoms with Crippen molar-refractivity contribution < 1.29 is 19.1 Å². The summed E-state index contributed by atoms with van der Waals surface area (Å²) in [4.78, 5) is 24.1. The molecule has 3 N–H and O–H groups in total. The molecule has 3 rings (SSSR count). The number of halogens is 1. The Balaban J connectivity index is 1.38. The van der Waals surface area contributed by atoms with E-state index >= 15 is 0 Å². The zero-order chi connectivity index (χ0) is 19.8. The van der Waals surface area contributed by atoms with Crippen molar-refractivity contribution in [3.8, 4) is 11.5 Å². The first-order valence-electron chi connectivity index (χ1n) is 10.0. The first-order valence-corrected chi connectivity index (χ1v) is 10.4. The lowest BCUT2D eigenvalue weighted by Gasteiger charge is -2.22. The van der Waals surface area contributed by atoms with E-state index in [4.69, 9.17) is 21.1 Å². The molecular weight excluding hydrogens is 382 g/mol. The molecule has 1 aromatic carbocycles. The zero-order valence-electron chi connectivity index (χ0n) is 16.0. The number of urea groups is 1. The van der Waals surface area contributed by atoms with E-state index in [2.05, 4.69) is 16.0 Å². The summed E-state index contributed by atoms with van der Waals surface area (Å²) in [6, 6.07) is 3.47. The Morgan fingerprint density at radius 1 is 1.04 bits per heavy atom. The first kappa shape index (κ1) is 20.6. The molecular formula is C20H28ClN3O4. The Morgan fingerprint density at radius 3 is 2.50 bits per heavy atom. The van der Waals surface area contributed by atoms with Crippen molar-refractivity contribution in [3.05, 3.63) is 17.2 Å².